The third-order valence-corrected chi connectivity index (χ3v) is 5.41. The molecule has 1 heterocycles. The third-order valence-electron chi connectivity index (χ3n) is 5.41. The summed E-state index contributed by atoms with van der Waals surface area (Å²) in [7, 11) is 0. The fraction of sp³-hybridized carbons (Fsp3) is 0.261. The number of carbonyl (C=O) groups is 2. The van der Waals surface area contributed by atoms with Crippen LogP contribution in [0.15, 0.2) is 42.6 Å². The number of ketones is 2. The number of aliphatic hydroxyl groups excluding tert-OH is 1. The van der Waals surface area contributed by atoms with E-state index in [0.29, 0.717) is 0 Å². The summed E-state index contributed by atoms with van der Waals surface area (Å²) < 4.78 is 19.7. The van der Waals surface area contributed by atoms with Crippen LogP contribution in [0.3, 0.4) is 0 Å². The first kappa shape index (κ1) is 28.8. The SMILES string of the molecule is CC(O)C([O-])C([O-])C(F)COc1c(O)c2c(c3cccnc13)C(=O)c1ccccc1C2=O.[Na+].[Na+]. The molecule has 3 aromatic rings. The number of rotatable bonds is 6. The van der Waals surface area contributed by atoms with Gasteiger partial charge in [0.15, 0.2) is 23.1 Å². The summed E-state index contributed by atoms with van der Waals surface area (Å²) in [6, 6.07) is 9.19. The number of pyridine rings is 1. The second kappa shape index (κ2) is 11.6. The minimum absolute atomic E-state index is 0. The van der Waals surface area contributed by atoms with Crippen molar-refractivity contribution in [2.24, 2.45) is 0 Å². The van der Waals surface area contributed by atoms with E-state index in [2.05, 4.69) is 4.98 Å². The molecule has 1 aromatic heterocycles. The number of alkyl halides is 1. The van der Waals surface area contributed by atoms with Crippen molar-refractivity contribution in [3.8, 4) is 11.5 Å². The molecule has 0 fully saturated rings. The number of phenols is 1. The number of carbonyl (C=O) groups excluding carboxylic acids is 2. The average molecular weight is 485 g/mol. The predicted molar refractivity (Wildman–Crippen MR) is 106 cm³/mol. The van der Waals surface area contributed by atoms with Crippen molar-refractivity contribution in [2.75, 3.05) is 6.61 Å². The quantitative estimate of drug-likeness (QED) is 0.257. The molecule has 0 bridgehead atoms. The van der Waals surface area contributed by atoms with E-state index in [0.717, 1.165) is 6.92 Å². The Morgan fingerprint density at radius 1 is 1.00 bits per heavy atom. The average Bonchev–Trinajstić information content (AvgIpc) is 2.80. The van der Waals surface area contributed by atoms with Gasteiger partial charge in [-0.1, -0.05) is 30.3 Å². The third kappa shape index (κ3) is 4.95. The number of fused-ring (bicyclic) bond motifs is 4. The van der Waals surface area contributed by atoms with Gasteiger partial charge in [0.05, 0.1) is 5.56 Å². The Bertz CT molecular complexity index is 1240. The second-order valence-corrected chi connectivity index (χ2v) is 7.53. The summed E-state index contributed by atoms with van der Waals surface area (Å²) in [4.78, 5) is 30.3. The van der Waals surface area contributed by atoms with Crippen LogP contribution in [-0.2, 0) is 0 Å². The monoisotopic (exact) mass is 485 g/mol. The standard InChI is InChI=1S/C23H18FNO7.2Na/c1-10(26)18(27)21(30)14(24)9-32-23-17-13(7-4-8-25-17)15-16(22(23)31)20(29)12-6-3-2-5-11(12)19(15)28;;/h2-8,10,14,18,21,26,31H,9H2,1H3;;/q-2;2*+1. The first-order valence-electron chi connectivity index (χ1n) is 9.82. The Morgan fingerprint density at radius 3 is 2.18 bits per heavy atom. The summed E-state index contributed by atoms with van der Waals surface area (Å²) in [5.41, 5.74) is -0.0737. The molecule has 4 atom stereocenters. The maximum Gasteiger partial charge on any atom is 1.00 e. The topological polar surface area (TPSA) is 143 Å². The summed E-state index contributed by atoms with van der Waals surface area (Å²) in [5.74, 6) is -2.18. The molecule has 0 aliphatic heterocycles. The number of nitrogens with zero attached hydrogens (tertiary/aromatic N) is 1. The van der Waals surface area contributed by atoms with Gasteiger partial charge < -0.3 is 25.2 Å². The van der Waals surface area contributed by atoms with Gasteiger partial charge in [-0.25, -0.2) is 4.39 Å². The smallest absolute Gasteiger partial charge is 0.851 e. The largest absolute Gasteiger partial charge is 1.00 e. The van der Waals surface area contributed by atoms with Crippen molar-refractivity contribution in [3.63, 3.8) is 0 Å². The minimum Gasteiger partial charge on any atom is -0.851 e. The normalized spacial score (nSPS) is 15.8. The van der Waals surface area contributed by atoms with Crippen molar-refractivity contribution in [2.45, 2.75) is 31.4 Å². The Kier molecular flexibility index (Phi) is 9.80. The molecule has 1 aliphatic rings. The van der Waals surface area contributed by atoms with E-state index in [1.165, 1.54) is 30.5 Å². The van der Waals surface area contributed by atoms with Crippen LogP contribution in [0.1, 0.15) is 38.8 Å². The van der Waals surface area contributed by atoms with E-state index in [1.54, 1.807) is 12.1 Å². The Hall–Kier alpha value is -1.40. The van der Waals surface area contributed by atoms with Crippen molar-refractivity contribution in [3.05, 3.63) is 64.8 Å². The van der Waals surface area contributed by atoms with Crippen LogP contribution in [-0.4, -0.2) is 57.9 Å². The first-order chi connectivity index (χ1) is 15.2. The van der Waals surface area contributed by atoms with E-state index in [-0.39, 0.29) is 98.0 Å². The van der Waals surface area contributed by atoms with Gasteiger partial charge in [-0.05, 0) is 13.0 Å². The molecule has 166 valence electrons. The number of hydrogen-bond acceptors (Lipinski definition) is 8. The van der Waals surface area contributed by atoms with Crippen LogP contribution >= 0.6 is 0 Å². The van der Waals surface area contributed by atoms with E-state index >= 15 is 0 Å². The Labute approximate surface area is 238 Å². The molecule has 11 heteroatoms. The maximum absolute atomic E-state index is 14.3. The molecule has 2 aromatic carbocycles. The molecule has 0 radical (unpaired) electrons. The van der Waals surface area contributed by atoms with Crippen molar-refractivity contribution < 1.29 is 98.3 Å². The van der Waals surface area contributed by atoms with E-state index < -0.39 is 48.4 Å². The van der Waals surface area contributed by atoms with Gasteiger partial charge in [0.25, 0.3) is 0 Å². The molecule has 0 saturated carbocycles. The molecule has 0 spiro atoms. The molecule has 1 aliphatic carbocycles. The van der Waals surface area contributed by atoms with Crippen LogP contribution in [0.5, 0.6) is 11.5 Å². The van der Waals surface area contributed by atoms with Crippen molar-refractivity contribution in [1.29, 1.82) is 0 Å². The minimum atomic E-state index is -2.32. The molecule has 4 rings (SSSR count). The van der Waals surface area contributed by atoms with Gasteiger partial charge in [-0.2, -0.15) is 0 Å². The fourth-order valence-corrected chi connectivity index (χ4v) is 3.75. The molecule has 34 heavy (non-hydrogen) atoms. The molecule has 0 amide bonds. The predicted octanol–water partition coefficient (Wildman–Crippen LogP) is -5.72. The molecular weight excluding hydrogens is 467 g/mol. The molecule has 4 unspecified atom stereocenters. The van der Waals surface area contributed by atoms with Gasteiger partial charge in [-0.15, -0.1) is 12.2 Å². The van der Waals surface area contributed by atoms with Crippen LogP contribution in [0.25, 0.3) is 10.9 Å². The van der Waals surface area contributed by atoms with Gasteiger partial charge >= 0.3 is 59.1 Å². The zero-order chi connectivity index (χ0) is 23.2. The Morgan fingerprint density at radius 2 is 1.59 bits per heavy atom. The number of aromatic nitrogens is 1. The van der Waals surface area contributed by atoms with E-state index in [4.69, 9.17) is 4.74 Å². The van der Waals surface area contributed by atoms with Gasteiger partial charge in [0, 0.05) is 34.4 Å². The zero-order valence-electron chi connectivity index (χ0n) is 18.8. The number of aromatic hydroxyl groups is 1. The number of halogens is 1. The number of aliphatic hydroxyl groups is 1. The van der Waals surface area contributed by atoms with Crippen LogP contribution in [0.4, 0.5) is 4.39 Å². The van der Waals surface area contributed by atoms with Gasteiger partial charge in [0.1, 0.15) is 18.3 Å². The fourth-order valence-electron chi connectivity index (χ4n) is 3.75. The van der Waals surface area contributed by atoms with Gasteiger partial charge in [0.2, 0.25) is 0 Å². The molecular formula is C23H18FNNa2O7. The van der Waals surface area contributed by atoms with Crippen LogP contribution < -0.4 is 74.1 Å². The molecule has 8 nitrogen and oxygen atoms in total. The molecule has 0 saturated heterocycles. The number of phenolic OH excluding ortho intramolecular Hbond substituents is 1. The summed E-state index contributed by atoms with van der Waals surface area (Å²) in [6.07, 6.45) is -6.94. The van der Waals surface area contributed by atoms with Crippen LogP contribution in [0.2, 0.25) is 0 Å². The van der Waals surface area contributed by atoms with Crippen molar-refractivity contribution in [1.82, 2.24) is 4.98 Å². The first-order valence-corrected chi connectivity index (χ1v) is 9.82. The number of benzene rings is 2. The number of hydrogen-bond donors (Lipinski definition) is 2. The van der Waals surface area contributed by atoms with Crippen molar-refractivity contribution >= 4 is 22.5 Å². The second-order valence-electron chi connectivity index (χ2n) is 7.53. The maximum atomic E-state index is 14.3. The molecule has 2 N–H and O–H groups in total. The van der Waals surface area contributed by atoms with E-state index in [1.807, 2.05) is 0 Å². The summed E-state index contributed by atoms with van der Waals surface area (Å²) in [6.45, 7) is 0.166. The number of ether oxygens (including phenoxy) is 1. The summed E-state index contributed by atoms with van der Waals surface area (Å²) in [5, 5.41) is 43.8. The van der Waals surface area contributed by atoms with Crippen LogP contribution in [0, 0.1) is 0 Å². The van der Waals surface area contributed by atoms with Gasteiger partial charge in [-0.3, -0.25) is 14.6 Å². The van der Waals surface area contributed by atoms with E-state index in [9.17, 15) is 34.4 Å². The zero-order valence-corrected chi connectivity index (χ0v) is 22.8. The summed E-state index contributed by atoms with van der Waals surface area (Å²) >= 11 is 0. The Balaban J connectivity index is 0.00000204.